The monoisotopic (exact) mass is 238 g/mol. The van der Waals surface area contributed by atoms with Crippen molar-refractivity contribution >= 4 is 5.97 Å². The number of aliphatic carboxylic acids is 1. The molecule has 1 fully saturated rings. The van der Waals surface area contributed by atoms with Gasteiger partial charge in [-0.05, 0) is 0 Å². The Balaban J connectivity index is 0.000000293. The summed E-state index contributed by atoms with van der Waals surface area (Å²) in [6.07, 6.45) is 0.0639. The molecule has 0 aromatic heterocycles. The number of rotatable bonds is 1. The van der Waals surface area contributed by atoms with Crippen molar-refractivity contribution in [1.82, 2.24) is 10.2 Å². The van der Waals surface area contributed by atoms with Gasteiger partial charge >= 0.3 is 12.1 Å². The number of carbonyl (C=O) groups is 1. The number of terminal acetylenes is 1. The lowest BCUT2D eigenvalue weighted by atomic mass is 10.4. The Hall–Kier alpha value is -1.26. The topological polar surface area (TPSA) is 52.6 Å². The summed E-state index contributed by atoms with van der Waals surface area (Å²) >= 11 is 0. The van der Waals surface area contributed by atoms with Gasteiger partial charge in [-0.15, -0.1) is 6.42 Å². The molecule has 4 nitrogen and oxygen atoms in total. The zero-order valence-electron chi connectivity index (χ0n) is 8.55. The third kappa shape index (κ3) is 7.09. The largest absolute Gasteiger partial charge is 0.490 e. The van der Waals surface area contributed by atoms with Crippen LogP contribution in [0.5, 0.6) is 0 Å². The van der Waals surface area contributed by atoms with Crippen LogP contribution in [0.4, 0.5) is 13.2 Å². The van der Waals surface area contributed by atoms with Crippen LogP contribution in [0.1, 0.15) is 0 Å². The lowest BCUT2D eigenvalue weighted by Gasteiger charge is -2.24. The fraction of sp³-hybridized carbons (Fsp3) is 0.667. The first-order chi connectivity index (χ1) is 7.38. The van der Waals surface area contributed by atoms with Crippen LogP contribution in [-0.2, 0) is 4.79 Å². The number of hydrogen-bond donors (Lipinski definition) is 2. The highest BCUT2D eigenvalue weighted by Gasteiger charge is 2.38. The Morgan fingerprint density at radius 2 is 1.88 bits per heavy atom. The van der Waals surface area contributed by atoms with Crippen molar-refractivity contribution in [3.8, 4) is 12.3 Å². The van der Waals surface area contributed by atoms with Gasteiger partial charge in [0.15, 0.2) is 0 Å². The third-order valence-corrected chi connectivity index (χ3v) is 1.77. The lowest BCUT2D eigenvalue weighted by molar-refractivity contribution is -0.192. The van der Waals surface area contributed by atoms with E-state index in [2.05, 4.69) is 16.1 Å². The second-order valence-electron chi connectivity index (χ2n) is 3.03. The van der Waals surface area contributed by atoms with Crippen molar-refractivity contribution in [3.05, 3.63) is 0 Å². The van der Waals surface area contributed by atoms with Crippen LogP contribution in [0.3, 0.4) is 0 Å². The van der Waals surface area contributed by atoms with Gasteiger partial charge in [0, 0.05) is 26.2 Å². The van der Waals surface area contributed by atoms with Gasteiger partial charge in [-0.25, -0.2) is 4.79 Å². The second kappa shape index (κ2) is 7.09. The van der Waals surface area contributed by atoms with Gasteiger partial charge in [0.2, 0.25) is 0 Å². The van der Waals surface area contributed by atoms with Crippen molar-refractivity contribution in [2.45, 2.75) is 6.18 Å². The van der Waals surface area contributed by atoms with Gasteiger partial charge in [-0.3, -0.25) is 4.90 Å². The molecule has 1 aliphatic rings. The van der Waals surface area contributed by atoms with E-state index in [1.807, 2.05) is 0 Å². The van der Waals surface area contributed by atoms with Crippen LogP contribution < -0.4 is 5.32 Å². The van der Waals surface area contributed by atoms with Crippen LogP contribution in [-0.4, -0.2) is 54.9 Å². The second-order valence-corrected chi connectivity index (χ2v) is 3.03. The first-order valence-corrected chi connectivity index (χ1v) is 4.54. The quantitative estimate of drug-likeness (QED) is 0.639. The Morgan fingerprint density at radius 3 is 2.19 bits per heavy atom. The lowest BCUT2D eigenvalue weighted by Crippen LogP contribution is -2.43. The van der Waals surface area contributed by atoms with Gasteiger partial charge in [0.25, 0.3) is 0 Å². The molecule has 1 saturated heterocycles. The fourth-order valence-corrected chi connectivity index (χ4v) is 0.998. The predicted octanol–water partition coefficient (Wildman–Crippen LogP) is 0.158. The van der Waals surface area contributed by atoms with Gasteiger partial charge in [-0.1, -0.05) is 5.92 Å². The molecule has 16 heavy (non-hydrogen) atoms. The van der Waals surface area contributed by atoms with Crippen LogP contribution in [0.15, 0.2) is 0 Å². The van der Waals surface area contributed by atoms with E-state index in [1.54, 1.807) is 0 Å². The van der Waals surface area contributed by atoms with Crippen LogP contribution in [0.25, 0.3) is 0 Å². The maximum atomic E-state index is 10.6. The van der Waals surface area contributed by atoms with Crippen LogP contribution in [0, 0.1) is 12.3 Å². The van der Waals surface area contributed by atoms with Crippen molar-refractivity contribution in [2.75, 3.05) is 32.7 Å². The molecule has 0 aromatic carbocycles. The minimum atomic E-state index is -5.08. The summed E-state index contributed by atoms with van der Waals surface area (Å²) in [6.45, 7) is 5.18. The summed E-state index contributed by atoms with van der Waals surface area (Å²) in [5.74, 6) is -0.121. The summed E-state index contributed by atoms with van der Waals surface area (Å²) in [5.41, 5.74) is 0. The SMILES string of the molecule is C#CCN1CCNCC1.O=C(O)C(F)(F)F. The Morgan fingerprint density at radius 1 is 1.44 bits per heavy atom. The minimum absolute atomic E-state index is 0.807. The van der Waals surface area contributed by atoms with E-state index in [0.29, 0.717) is 0 Å². The van der Waals surface area contributed by atoms with Crippen LogP contribution in [0.2, 0.25) is 0 Å². The normalized spacial score (nSPS) is 16.9. The third-order valence-electron chi connectivity index (χ3n) is 1.77. The molecule has 1 heterocycles. The zero-order valence-corrected chi connectivity index (χ0v) is 8.55. The van der Waals surface area contributed by atoms with E-state index in [4.69, 9.17) is 16.3 Å². The molecule has 0 aromatic rings. The molecule has 0 amide bonds. The Kier molecular flexibility index (Phi) is 6.53. The average Bonchev–Trinajstić information content (AvgIpc) is 2.19. The number of carboxylic acid groups (broad SMARTS) is 1. The molecule has 7 heteroatoms. The summed E-state index contributed by atoms with van der Waals surface area (Å²) in [4.78, 5) is 11.2. The molecule has 0 spiro atoms. The van der Waals surface area contributed by atoms with E-state index in [1.165, 1.54) is 0 Å². The highest BCUT2D eigenvalue weighted by atomic mass is 19.4. The molecule has 0 unspecified atom stereocenters. The molecule has 0 atom stereocenters. The zero-order chi connectivity index (χ0) is 12.6. The highest BCUT2D eigenvalue weighted by Crippen LogP contribution is 2.13. The number of nitrogens with one attached hydrogen (secondary N) is 1. The molecular weight excluding hydrogens is 225 g/mol. The van der Waals surface area contributed by atoms with Crippen molar-refractivity contribution < 1.29 is 23.1 Å². The van der Waals surface area contributed by atoms with Crippen molar-refractivity contribution in [2.24, 2.45) is 0 Å². The first kappa shape index (κ1) is 14.7. The van der Waals surface area contributed by atoms with Gasteiger partial charge in [-0.2, -0.15) is 13.2 Å². The number of piperazine rings is 1. The standard InChI is InChI=1S/C7H12N2.C2HF3O2/c1-2-5-9-6-3-8-4-7-9;3-2(4,5)1(6)7/h1,8H,3-7H2;(H,6,7). The highest BCUT2D eigenvalue weighted by molar-refractivity contribution is 5.73. The van der Waals surface area contributed by atoms with Gasteiger partial charge < -0.3 is 10.4 Å². The van der Waals surface area contributed by atoms with E-state index < -0.39 is 12.1 Å². The number of nitrogens with zero attached hydrogens (tertiary/aromatic N) is 1. The number of hydrogen-bond acceptors (Lipinski definition) is 3. The molecular formula is C9H13F3N2O2. The first-order valence-electron chi connectivity index (χ1n) is 4.54. The number of halogens is 3. The molecule has 92 valence electrons. The number of carboxylic acids is 1. The number of alkyl halides is 3. The maximum absolute atomic E-state index is 10.6. The molecule has 1 aliphatic heterocycles. The molecule has 2 N–H and O–H groups in total. The summed E-state index contributed by atoms with van der Waals surface area (Å²) in [5, 5.41) is 10.4. The van der Waals surface area contributed by atoms with E-state index in [9.17, 15) is 13.2 Å². The minimum Gasteiger partial charge on any atom is -0.475 e. The fourth-order valence-electron chi connectivity index (χ4n) is 0.998. The maximum Gasteiger partial charge on any atom is 0.490 e. The van der Waals surface area contributed by atoms with E-state index in [-0.39, 0.29) is 0 Å². The average molecular weight is 238 g/mol. The van der Waals surface area contributed by atoms with E-state index in [0.717, 1.165) is 32.7 Å². The molecule has 0 bridgehead atoms. The summed E-state index contributed by atoms with van der Waals surface area (Å²) in [6, 6.07) is 0. The molecule has 0 saturated carbocycles. The Labute approximate surface area is 91.4 Å². The molecule has 1 rings (SSSR count). The van der Waals surface area contributed by atoms with Crippen LogP contribution >= 0.6 is 0 Å². The molecule has 0 radical (unpaired) electrons. The summed E-state index contributed by atoms with van der Waals surface area (Å²) in [7, 11) is 0. The van der Waals surface area contributed by atoms with E-state index >= 15 is 0 Å². The van der Waals surface area contributed by atoms with Gasteiger partial charge in [0.05, 0.1) is 6.54 Å². The van der Waals surface area contributed by atoms with Crippen molar-refractivity contribution in [1.29, 1.82) is 0 Å². The smallest absolute Gasteiger partial charge is 0.475 e. The predicted molar refractivity (Wildman–Crippen MR) is 51.8 cm³/mol. The Bertz CT molecular complexity index is 254. The molecule has 0 aliphatic carbocycles. The summed E-state index contributed by atoms with van der Waals surface area (Å²) < 4.78 is 31.7. The van der Waals surface area contributed by atoms with Gasteiger partial charge in [0.1, 0.15) is 0 Å². The van der Waals surface area contributed by atoms with Crippen molar-refractivity contribution in [3.63, 3.8) is 0 Å².